The molecule has 0 radical (unpaired) electrons. The van der Waals surface area contributed by atoms with E-state index in [-0.39, 0.29) is 18.7 Å². The van der Waals surface area contributed by atoms with Crippen molar-refractivity contribution < 1.29 is 9.90 Å². The smallest absolute Gasteiger partial charge is 0.236 e. The first-order valence-electron chi connectivity index (χ1n) is 4.82. The van der Waals surface area contributed by atoms with Crippen LogP contribution in [0.5, 0.6) is 0 Å². The fourth-order valence-electron chi connectivity index (χ4n) is 1.21. The van der Waals surface area contributed by atoms with Gasteiger partial charge in [-0.05, 0) is 6.42 Å². The van der Waals surface area contributed by atoms with Crippen LogP contribution in [0.2, 0.25) is 0 Å². The third-order valence-electron chi connectivity index (χ3n) is 2.00. The lowest BCUT2D eigenvalue weighted by Gasteiger charge is -2.15. The molecule has 0 aromatic rings. The molecule has 0 fully saturated rings. The molecule has 0 saturated carbocycles. The third kappa shape index (κ3) is 5.60. The summed E-state index contributed by atoms with van der Waals surface area (Å²) < 4.78 is 0. The van der Waals surface area contributed by atoms with Crippen LogP contribution in [0.3, 0.4) is 0 Å². The Kier molecular flexibility index (Phi) is 7.63. The van der Waals surface area contributed by atoms with Crippen LogP contribution in [0.4, 0.5) is 0 Å². The number of aliphatic hydroxyl groups is 1. The van der Waals surface area contributed by atoms with Gasteiger partial charge in [-0.1, -0.05) is 26.2 Å². The average molecular weight is 188 g/mol. The zero-order chi connectivity index (χ0) is 10.1. The Balaban J connectivity index is 3.73. The van der Waals surface area contributed by atoms with Crippen LogP contribution >= 0.6 is 0 Å². The standard InChI is InChI=1S/C9H20N2O2/c1-3-4-5-6-8(11-7-12)9(13)10-2/h8,11-12H,3-7H2,1-2H3,(H,10,13)/t8-/m0/s1. The monoisotopic (exact) mass is 188 g/mol. The van der Waals surface area contributed by atoms with E-state index in [9.17, 15) is 4.79 Å². The van der Waals surface area contributed by atoms with E-state index in [1.807, 2.05) is 0 Å². The molecule has 3 N–H and O–H groups in total. The lowest BCUT2D eigenvalue weighted by atomic mass is 10.1. The van der Waals surface area contributed by atoms with Crippen LogP contribution < -0.4 is 10.6 Å². The SMILES string of the molecule is CCCCC[C@H](NCO)C(=O)NC. The van der Waals surface area contributed by atoms with Crippen LogP contribution in [0.1, 0.15) is 32.6 Å². The van der Waals surface area contributed by atoms with Crippen molar-refractivity contribution in [3.05, 3.63) is 0 Å². The number of aliphatic hydroxyl groups excluding tert-OH is 1. The second-order valence-corrected chi connectivity index (χ2v) is 3.02. The van der Waals surface area contributed by atoms with Crippen molar-refractivity contribution in [1.82, 2.24) is 10.6 Å². The average Bonchev–Trinajstić information content (AvgIpc) is 2.16. The highest BCUT2D eigenvalue weighted by molar-refractivity contribution is 5.81. The molecule has 0 heterocycles. The number of nitrogens with one attached hydrogen (secondary N) is 2. The molecule has 0 aromatic heterocycles. The Labute approximate surface area is 79.7 Å². The molecule has 0 aliphatic carbocycles. The van der Waals surface area contributed by atoms with Crippen LogP contribution in [0.15, 0.2) is 0 Å². The van der Waals surface area contributed by atoms with E-state index < -0.39 is 0 Å². The number of unbranched alkanes of at least 4 members (excludes halogenated alkanes) is 2. The van der Waals surface area contributed by atoms with E-state index >= 15 is 0 Å². The molecular weight excluding hydrogens is 168 g/mol. The van der Waals surface area contributed by atoms with Gasteiger partial charge in [-0.2, -0.15) is 0 Å². The van der Waals surface area contributed by atoms with Gasteiger partial charge < -0.3 is 10.4 Å². The van der Waals surface area contributed by atoms with Gasteiger partial charge in [0.1, 0.15) is 0 Å². The quantitative estimate of drug-likeness (QED) is 0.395. The molecule has 0 saturated heterocycles. The van der Waals surface area contributed by atoms with Crippen molar-refractivity contribution in [2.24, 2.45) is 0 Å². The third-order valence-corrected chi connectivity index (χ3v) is 2.00. The van der Waals surface area contributed by atoms with Gasteiger partial charge in [0.25, 0.3) is 0 Å². The molecule has 0 spiro atoms. The Morgan fingerprint density at radius 1 is 1.46 bits per heavy atom. The fourth-order valence-corrected chi connectivity index (χ4v) is 1.21. The van der Waals surface area contributed by atoms with E-state index in [4.69, 9.17) is 5.11 Å². The first-order valence-corrected chi connectivity index (χ1v) is 4.82. The Hall–Kier alpha value is -0.610. The van der Waals surface area contributed by atoms with Crippen molar-refractivity contribution in [2.45, 2.75) is 38.6 Å². The summed E-state index contributed by atoms with van der Waals surface area (Å²) >= 11 is 0. The zero-order valence-electron chi connectivity index (χ0n) is 8.47. The van der Waals surface area contributed by atoms with Gasteiger partial charge in [-0.3, -0.25) is 10.1 Å². The van der Waals surface area contributed by atoms with E-state index in [1.165, 1.54) is 0 Å². The zero-order valence-corrected chi connectivity index (χ0v) is 8.47. The highest BCUT2D eigenvalue weighted by Gasteiger charge is 2.14. The molecule has 0 rings (SSSR count). The number of hydrogen-bond donors (Lipinski definition) is 3. The minimum atomic E-state index is -0.249. The van der Waals surface area contributed by atoms with Crippen LogP contribution in [0.25, 0.3) is 0 Å². The van der Waals surface area contributed by atoms with Gasteiger partial charge in [0.05, 0.1) is 12.8 Å². The number of likely N-dealkylation sites (N-methyl/N-ethyl adjacent to an activating group) is 1. The van der Waals surface area contributed by atoms with Gasteiger partial charge in [0.2, 0.25) is 5.91 Å². The predicted octanol–water partition coefficient (Wildman–Crippen LogP) is 0.221. The van der Waals surface area contributed by atoms with E-state index in [1.54, 1.807) is 7.05 Å². The first kappa shape index (κ1) is 12.4. The molecule has 0 aliphatic rings. The molecule has 78 valence electrons. The largest absolute Gasteiger partial charge is 0.381 e. The fraction of sp³-hybridized carbons (Fsp3) is 0.889. The minimum absolute atomic E-state index is 0.0508. The molecule has 13 heavy (non-hydrogen) atoms. The lowest BCUT2D eigenvalue weighted by Crippen LogP contribution is -2.43. The van der Waals surface area contributed by atoms with Crippen LogP contribution in [-0.4, -0.2) is 30.8 Å². The van der Waals surface area contributed by atoms with E-state index in [0.717, 1.165) is 25.7 Å². The molecule has 1 atom stereocenters. The highest BCUT2D eigenvalue weighted by atomic mass is 16.3. The predicted molar refractivity (Wildman–Crippen MR) is 52.2 cm³/mol. The maximum Gasteiger partial charge on any atom is 0.236 e. The Morgan fingerprint density at radius 3 is 2.62 bits per heavy atom. The summed E-state index contributed by atoms with van der Waals surface area (Å²) in [5.74, 6) is -0.0508. The Bertz CT molecular complexity index is 140. The summed E-state index contributed by atoms with van der Waals surface area (Å²) in [4.78, 5) is 11.2. The number of rotatable bonds is 7. The first-order chi connectivity index (χ1) is 6.26. The second kappa shape index (κ2) is 8.01. The van der Waals surface area contributed by atoms with E-state index in [0.29, 0.717) is 0 Å². The maximum absolute atomic E-state index is 11.2. The molecule has 1 amide bonds. The van der Waals surface area contributed by atoms with Gasteiger partial charge in [0, 0.05) is 7.05 Å². The lowest BCUT2D eigenvalue weighted by molar-refractivity contribution is -0.123. The van der Waals surface area contributed by atoms with Gasteiger partial charge in [-0.15, -0.1) is 0 Å². The molecule has 0 aliphatic heterocycles. The molecular formula is C9H20N2O2. The summed E-state index contributed by atoms with van der Waals surface area (Å²) in [6.45, 7) is 1.97. The maximum atomic E-state index is 11.2. The highest BCUT2D eigenvalue weighted by Crippen LogP contribution is 2.03. The van der Waals surface area contributed by atoms with Crippen molar-refractivity contribution >= 4 is 5.91 Å². The van der Waals surface area contributed by atoms with Crippen molar-refractivity contribution in [3.63, 3.8) is 0 Å². The van der Waals surface area contributed by atoms with Crippen molar-refractivity contribution in [1.29, 1.82) is 0 Å². The number of carbonyl (C=O) groups excluding carboxylic acids is 1. The van der Waals surface area contributed by atoms with Crippen LogP contribution in [0, 0.1) is 0 Å². The van der Waals surface area contributed by atoms with E-state index in [2.05, 4.69) is 17.6 Å². The topological polar surface area (TPSA) is 61.4 Å². The molecule has 0 aromatic carbocycles. The van der Waals surface area contributed by atoms with Crippen molar-refractivity contribution in [3.8, 4) is 0 Å². The van der Waals surface area contributed by atoms with Crippen LogP contribution in [-0.2, 0) is 4.79 Å². The normalized spacial score (nSPS) is 12.5. The molecule has 4 nitrogen and oxygen atoms in total. The minimum Gasteiger partial charge on any atom is -0.381 e. The number of carbonyl (C=O) groups is 1. The summed E-state index contributed by atoms with van der Waals surface area (Å²) in [5, 5.41) is 13.9. The second-order valence-electron chi connectivity index (χ2n) is 3.02. The molecule has 0 unspecified atom stereocenters. The van der Waals surface area contributed by atoms with Crippen molar-refractivity contribution in [2.75, 3.05) is 13.8 Å². The molecule has 0 bridgehead atoms. The summed E-state index contributed by atoms with van der Waals surface area (Å²) in [6, 6.07) is -0.249. The van der Waals surface area contributed by atoms with Gasteiger partial charge in [0.15, 0.2) is 0 Å². The number of hydrogen-bond acceptors (Lipinski definition) is 3. The Morgan fingerprint density at radius 2 is 2.15 bits per heavy atom. The molecule has 4 heteroatoms. The number of amides is 1. The van der Waals surface area contributed by atoms with Gasteiger partial charge >= 0.3 is 0 Å². The van der Waals surface area contributed by atoms with Gasteiger partial charge in [-0.25, -0.2) is 0 Å². The summed E-state index contributed by atoms with van der Waals surface area (Å²) in [5.41, 5.74) is 0. The summed E-state index contributed by atoms with van der Waals surface area (Å²) in [7, 11) is 1.61. The summed E-state index contributed by atoms with van der Waals surface area (Å²) in [6.07, 6.45) is 4.07.